The number of nitrogens with zero attached hydrogens (tertiary/aromatic N) is 1. The number of allylic oxidation sites excluding steroid dienone is 1. The quantitative estimate of drug-likeness (QED) is 0.567. The van der Waals surface area contributed by atoms with Crippen molar-refractivity contribution in [3.05, 3.63) is 58.3 Å². The van der Waals surface area contributed by atoms with Gasteiger partial charge in [-0.1, -0.05) is 17.5 Å². The van der Waals surface area contributed by atoms with Crippen molar-refractivity contribution in [3.8, 4) is 0 Å². The second-order valence-electron chi connectivity index (χ2n) is 5.33. The maximum absolute atomic E-state index is 5.88. The molecule has 4 nitrogen and oxygen atoms in total. The van der Waals surface area contributed by atoms with E-state index in [1.807, 2.05) is 6.08 Å². The van der Waals surface area contributed by atoms with Crippen LogP contribution in [-0.2, 0) is 12.8 Å². The molecule has 2 heterocycles. The zero-order chi connectivity index (χ0) is 14.5. The first-order valence-corrected chi connectivity index (χ1v) is 7.42. The fraction of sp³-hybridized carbons (Fsp3) is 0.353. The third kappa shape index (κ3) is 3.45. The number of nitrogens with two attached hydrogens (primary N) is 1. The molecule has 0 aromatic carbocycles. The Hall–Kier alpha value is -2.25. The molecule has 0 saturated carbocycles. The van der Waals surface area contributed by atoms with Gasteiger partial charge in [-0.3, -0.25) is 0 Å². The van der Waals surface area contributed by atoms with Gasteiger partial charge in [-0.2, -0.15) is 0 Å². The van der Waals surface area contributed by atoms with Crippen LogP contribution in [0.1, 0.15) is 17.7 Å². The Bertz CT molecular complexity index is 659. The van der Waals surface area contributed by atoms with Crippen molar-refractivity contribution in [2.45, 2.75) is 19.3 Å². The average molecular weight is 280 g/mol. The lowest BCUT2D eigenvalue weighted by Crippen LogP contribution is -2.22. The van der Waals surface area contributed by atoms with Crippen molar-refractivity contribution < 1.29 is 0 Å². The molecule has 0 amide bonds. The maximum atomic E-state index is 5.88. The smallest absolute Gasteiger partial charge is 0.129 e. The van der Waals surface area contributed by atoms with E-state index in [1.54, 1.807) is 6.08 Å². The van der Waals surface area contributed by atoms with Gasteiger partial charge in [-0.25, -0.2) is 4.98 Å². The molecule has 21 heavy (non-hydrogen) atoms. The summed E-state index contributed by atoms with van der Waals surface area (Å²) in [6, 6.07) is 4.33. The fourth-order valence-electron chi connectivity index (χ4n) is 2.52. The summed E-state index contributed by atoms with van der Waals surface area (Å²) in [4.78, 5) is 4.69. The third-order valence-electron chi connectivity index (χ3n) is 3.75. The Morgan fingerprint density at radius 3 is 3.10 bits per heavy atom. The Labute approximate surface area is 125 Å². The van der Waals surface area contributed by atoms with E-state index < -0.39 is 0 Å². The second-order valence-corrected chi connectivity index (χ2v) is 5.33. The summed E-state index contributed by atoms with van der Waals surface area (Å²) in [5.41, 5.74) is 15.9. The molecule has 4 N–H and O–H groups in total. The number of aromatic nitrogens is 1. The minimum atomic E-state index is 0.750. The highest BCUT2D eigenvalue weighted by Gasteiger charge is 2.10. The third-order valence-corrected chi connectivity index (χ3v) is 3.75. The van der Waals surface area contributed by atoms with Gasteiger partial charge in [0.15, 0.2) is 0 Å². The first-order valence-electron chi connectivity index (χ1n) is 7.42. The van der Waals surface area contributed by atoms with Crippen molar-refractivity contribution in [2.75, 3.05) is 25.0 Å². The summed E-state index contributed by atoms with van der Waals surface area (Å²) in [6.45, 7) is 2.66. The molecule has 0 unspecified atom stereocenters. The van der Waals surface area contributed by atoms with Gasteiger partial charge in [0.2, 0.25) is 0 Å². The number of nitrogens with one attached hydrogen (secondary N) is 2. The lowest BCUT2D eigenvalue weighted by molar-refractivity contribution is 0.719. The Morgan fingerprint density at radius 1 is 1.29 bits per heavy atom. The number of anilines is 1. The van der Waals surface area contributed by atoms with Crippen molar-refractivity contribution >= 4 is 5.82 Å². The van der Waals surface area contributed by atoms with Crippen LogP contribution in [0.15, 0.2) is 47.0 Å². The predicted octanol–water partition coefficient (Wildman–Crippen LogP) is 1.66. The zero-order valence-corrected chi connectivity index (χ0v) is 12.1. The van der Waals surface area contributed by atoms with Gasteiger partial charge in [-0.05, 0) is 36.1 Å². The predicted molar refractivity (Wildman–Crippen MR) is 85.0 cm³/mol. The van der Waals surface area contributed by atoms with E-state index >= 15 is 0 Å². The van der Waals surface area contributed by atoms with Crippen LogP contribution in [0.5, 0.6) is 0 Å². The number of rotatable bonds is 5. The zero-order valence-electron chi connectivity index (χ0n) is 12.1. The van der Waals surface area contributed by atoms with Gasteiger partial charge >= 0.3 is 0 Å². The van der Waals surface area contributed by atoms with E-state index in [0.717, 1.165) is 55.3 Å². The van der Waals surface area contributed by atoms with Crippen LogP contribution in [0.2, 0.25) is 0 Å². The molecular formula is C17H20N4. The summed E-state index contributed by atoms with van der Waals surface area (Å²) in [5, 5.41) is 6.77. The summed E-state index contributed by atoms with van der Waals surface area (Å²) in [7, 11) is 0. The van der Waals surface area contributed by atoms with Gasteiger partial charge in [-0.15, -0.1) is 0 Å². The lowest BCUT2D eigenvalue weighted by Gasteiger charge is -2.17. The molecule has 1 aliphatic carbocycles. The van der Waals surface area contributed by atoms with Gasteiger partial charge in [0.1, 0.15) is 5.82 Å². The Balaban J connectivity index is 1.50. The summed E-state index contributed by atoms with van der Waals surface area (Å²) < 4.78 is 0. The van der Waals surface area contributed by atoms with Crippen LogP contribution in [0, 0.1) is 0 Å². The van der Waals surface area contributed by atoms with E-state index in [-0.39, 0.29) is 0 Å². The van der Waals surface area contributed by atoms with Gasteiger partial charge in [0, 0.05) is 43.5 Å². The molecule has 0 spiro atoms. The maximum Gasteiger partial charge on any atom is 0.129 e. The molecule has 0 saturated heterocycles. The van der Waals surface area contributed by atoms with Crippen molar-refractivity contribution in [3.63, 3.8) is 0 Å². The molecule has 0 radical (unpaired) electrons. The molecule has 1 aromatic rings. The van der Waals surface area contributed by atoms with Gasteiger partial charge in [0.25, 0.3) is 0 Å². The van der Waals surface area contributed by atoms with E-state index in [1.165, 1.54) is 12.0 Å². The normalized spacial score (nSPS) is 16.0. The molecule has 4 heteroatoms. The standard InChI is InChI=1S/C17H20N4/c18-16-6-2-1-4-14(16)12-19-11-9-15-8-7-13-5-3-10-20-17(13)21-15/h4,6-8,19H,3,5,9-12,18H2,(H,20,21). The van der Waals surface area contributed by atoms with E-state index in [4.69, 9.17) is 5.73 Å². The molecule has 0 bridgehead atoms. The van der Waals surface area contributed by atoms with E-state index in [9.17, 15) is 0 Å². The highest BCUT2D eigenvalue weighted by Crippen LogP contribution is 2.19. The van der Waals surface area contributed by atoms with Crippen molar-refractivity contribution in [1.82, 2.24) is 10.3 Å². The highest BCUT2D eigenvalue weighted by atomic mass is 15.0. The molecular weight excluding hydrogens is 260 g/mol. The lowest BCUT2D eigenvalue weighted by atomic mass is 10.1. The molecule has 3 rings (SSSR count). The number of aryl methyl sites for hydroxylation is 1. The number of fused-ring (bicyclic) bond motifs is 1. The van der Waals surface area contributed by atoms with E-state index in [0.29, 0.717) is 0 Å². The molecule has 0 fully saturated rings. The van der Waals surface area contributed by atoms with Gasteiger partial charge < -0.3 is 16.4 Å². The van der Waals surface area contributed by atoms with Crippen LogP contribution >= 0.6 is 0 Å². The summed E-state index contributed by atoms with van der Waals surface area (Å²) in [6.07, 6.45) is 6.88. The molecule has 108 valence electrons. The first-order chi connectivity index (χ1) is 10.3. The molecule has 2 aliphatic rings. The van der Waals surface area contributed by atoms with Gasteiger partial charge in [0.05, 0.1) is 0 Å². The van der Waals surface area contributed by atoms with Crippen molar-refractivity contribution in [2.24, 2.45) is 5.73 Å². The van der Waals surface area contributed by atoms with Crippen LogP contribution in [0.3, 0.4) is 0 Å². The minimum Gasteiger partial charge on any atom is -0.398 e. The second kappa shape index (κ2) is 6.47. The van der Waals surface area contributed by atoms with Crippen molar-refractivity contribution in [1.29, 1.82) is 0 Å². The van der Waals surface area contributed by atoms with Crippen LogP contribution in [-0.4, -0.2) is 24.6 Å². The monoisotopic (exact) mass is 280 g/mol. The average Bonchev–Trinajstić information content (AvgIpc) is 2.53. The van der Waals surface area contributed by atoms with Crippen LogP contribution in [0.25, 0.3) is 0 Å². The fourth-order valence-corrected chi connectivity index (χ4v) is 2.52. The number of hydrogen-bond donors (Lipinski definition) is 3. The van der Waals surface area contributed by atoms with E-state index in [2.05, 4.69) is 39.2 Å². The largest absolute Gasteiger partial charge is 0.398 e. The highest BCUT2D eigenvalue weighted by molar-refractivity contribution is 5.47. The van der Waals surface area contributed by atoms with Crippen LogP contribution in [0.4, 0.5) is 5.82 Å². The minimum absolute atomic E-state index is 0.750. The summed E-state index contributed by atoms with van der Waals surface area (Å²) >= 11 is 0. The summed E-state index contributed by atoms with van der Waals surface area (Å²) in [5.74, 6) is 1.07. The number of hydrogen-bond acceptors (Lipinski definition) is 4. The molecule has 1 aromatic heterocycles. The molecule has 0 atom stereocenters. The molecule has 1 aliphatic heterocycles. The number of pyridine rings is 1. The Kier molecular flexibility index (Phi) is 4.23. The van der Waals surface area contributed by atoms with Crippen LogP contribution < -0.4 is 16.4 Å². The SMILES string of the molecule is NC1=C(CNCCc2ccc3c(n2)NCCC3)C=C=C=C1. The topological polar surface area (TPSA) is 63.0 Å². The first kappa shape index (κ1) is 13.7. The Morgan fingerprint density at radius 2 is 2.19 bits per heavy atom.